The Morgan fingerprint density at radius 3 is 2.44 bits per heavy atom. The van der Waals surface area contributed by atoms with Crippen LogP contribution in [0.5, 0.6) is 0 Å². The van der Waals surface area contributed by atoms with Crippen LogP contribution in [0.15, 0.2) is 0 Å². The number of hydrogen-bond acceptors (Lipinski definition) is 5. The molecular weight excluding hydrogens is 322 g/mol. The van der Waals surface area contributed by atoms with Crippen molar-refractivity contribution < 1.29 is 19.5 Å². The first kappa shape index (κ1) is 19.8. The summed E-state index contributed by atoms with van der Waals surface area (Å²) in [5, 5.41) is 10.2. The smallest absolute Gasteiger partial charge is 0.252 e. The lowest BCUT2D eigenvalue weighted by Crippen LogP contribution is -2.50. The standard InChI is InChI=1S/C18H31N3O4/c1-5-11(4)16(23)18(25)21-9-14(22)15-13(21)6-7-20(15)17(24)12(19)8-10(2)3/h10-13,15-16,23H,5-9,19H2,1-4H3. The summed E-state index contributed by atoms with van der Waals surface area (Å²) in [6, 6.07) is -1.57. The number of aliphatic hydroxyl groups is 1. The van der Waals surface area contributed by atoms with E-state index in [4.69, 9.17) is 5.73 Å². The second-order valence-electron chi connectivity index (χ2n) is 7.83. The van der Waals surface area contributed by atoms with E-state index in [0.29, 0.717) is 31.7 Å². The molecule has 5 unspecified atom stereocenters. The molecule has 2 aliphatic heterocycles. The van der Waals surface area contributed by atoms with E-state index < -0.39 is 24.1 Å². The molecule has 2 saturated heterocycles. The number of hydrogen-bond donors (Lipinski definition) is 2. The zero-order chi connectivity index (χ0) is 18.9. The molecule has 2 amide bonds. The molecule has 3 N–H and O–H groups in total. The predicted molar refractivity (Wildman–Crippen MR) is 93.5 cm³/mol. The molecule has 0 aromatic rings. The molecule has 25 heavy (non-hydrogen) atoms. The number of nitrogens with two attached hydrogens (primary N) is 1. The van der Waals surface area contributed by atoms with Crippen LogP contribution in [0.4, 0.5) is 0 Å². The normalized spacial score (nSPS) is 26.8. The molecular formula is C18H31N3O4. The monoisotopic (exact) mass is 353 g/mol. The Balaban J connectivity index is 2.11. The quantitative estimate of drug-likeness (QED) is 0.707. The molecule has 0 saturated carbocycles. The Kier molecular flexibility index (Phi) is 6.21. The molecule has 0 aromatic carbocycles. The van der Waals surface area contributed by atoms with E-state index in [1.165, 1.54) is 4.90 Å². The van der Waals surface area contributed by atoms with Crippen LogP contribution in [0, 0.1) is 11.8 Å². The summed E-state index contributed by atoms with van der Waals surface area (Å²) in [7, 11) is 0. The van der Waals surface area contributed by atoms with Crippen LogP contribution in [0.2, 0.25) is 0 Å². The van der Waals surface area contributed by atoms with E-state index in [-0.39, 0.29) is 30.2 Å². The van der Waals surface area contributed by atoms with Gasteiger partial charge in [-0.3, -0.25) is 14.4 Å². The first-order chi connectivity index (χ1) is 11.7. The Morgan fingerprint density at radius 2 is 1.88 bits per heavy atom. The van der Waals surface area contributed by atoms with Crippen molar-refractivity contribution in [3.8, 4) is 0 Å². The highest BCUT2D eigenvalue weighted by molar-refractivity contribution is 5.98. The number of rotatable bonds is 6. The number of nitrogens with zero attached hydrogens (tertiary/aromatic N) is 2. The van der Waals surface area contributed by atoms with Gasteiger partial charge in [0.2, 0.25) is 5.91 Å². The third-order valence-electron chi connectivity index (χ3n) is 5.47. The van der Waals surface area contributed by atoms with Gasteiger partial charge in [-0.1, -0.05) is 34.1 Å². The van der Waals surface area contributed by atoms with Crippen molar-refractivity contribution in [2.75, 3.05) is 13.1 Å². The molecule has 0 radical (unpaired) electrons. The van der Waals surface area contributed by atoms with Crippen LogP contribution in [-0.4, -0.2) is 69.8 Å². The third kappa shape index (κ3) is 3.87. The molecule has 2 aliphatic rings. The maximum absolute atomic E-state index is 12.6. The maximum Gasteiger partial charge on any atom is 0.252 e. The van der Waals surface area contributed by atoms with Gasteiger partial charge in [0.05, 0.1) is 18.6 Å². The molecule has 5 atom stereocenters. The largest absolute Gasteiger partial charge is 0.383 e. The highest BCUT2D eigenvalue weighted by Gasteiger charge is 2.52. The van der Waals surface area contributed by atoms with Crippen molar-refractivity contribution in [1.29, 1.82) is 0 Å². The van der Waals surface area contributed by atoms with Gasteiger partial charge in [-0.15, -0.1) is 0 Å². The van der Waals surface area contributed by atoms with Crippen molar-refractivity contribution in [3.05, 3.63) is 0 Å². The van der Waals surface area contributed by atoms with Crippen molar-refractivity contribution in [1.82, 2.24) is 9.80 Å². The molecule has 0 spiro atoms. The highest BCUT2D eigenvalue weighted by Crippen LogP contribution is 2.31. The number of likely N-dealkylation sites (tertiary alicyclic amines) is 2. The second-order valence-corrected chi connectivity index (χ2v) is 7.83. The predicted octanol–water partition coefficient (Wildman–Crippen LogP) is 0.148. The Bertz CT molecular complexity index is 536. The van der Waals surface area contributed by atoms with E-state index in [9.17, 15) is 19.5 Å². The fraction of sp³-hybridized carbons (Fsp3) is 0.833. The lowest BCUT2D eigenvalue weighted by molar-refractivity contribution is -0.144. The van der Waals surface area contributed by atoms with Crippen molar-refractivity contribution in [2.45, 2.75) is 71.2 Å². The van der Waals surface area contributed by atoms with E-state index in [1.807, 2.05) is 27.7 Å². The summed E-state index contributed by atoms with van der Waals surface area (Å²) < 4.78 is 0. The van der Waals surface area contributed by atoms with Crippen LogP contribution < -0.4 is 5.73 Å². The molecule has 7 heteroatoms. The summed E-state index contributed by atoms with van der Waals surface area (Å²) in [5.41, 5.74) is 6.00. The molecule has 2 heterocycles. The van der Waals surface area contributed by atoms with Gasteiger partial charge in [0, 0.05) is 6.54 Å². The van der Waals surface area contributed by atoms with Gasteiger partial charge in [0.1, 0.15) is 12.1 Å². The summed E-state index contributed by atoms with van der Waals surface area (Å²) in [6.45, 7) is 8.10. The summed E-state index contributed by atoms with van der Waals surface area (Å²) >= 11 is 0. The summed E-state index contributed by atoms with van der Waals surface area (Å²) in [5.74, 6) is -0.639. The zero-order valence-corrected chi connectivity index (χ0v) is 15.6. The van der Waals surface area contributed by atoms with Crippen molar-refractivity contribution in [2.24, 2.45) is 17.6 Å². The number of carbonyl (C=O) groups is 3. The minimum atomic E-state index is -1.11. The summed E-state index contributed by atoms with van der Waals surface area (Å²) in [4.78, 5) is 40.7. The number of fused-ring (bicyclic) bond motifs is 1. The van der Waals surface area contributed by atoms with Crippen LogP contribution in [0.3, 0.4) is 0 Å². The molecule has 0 bridgehead atoms. The fourth-order valence-corrected chi connectivity index (χ4v) is 3.82. The van der Waals surface area contributed by atoms with E-state index in [1.54, 1.807) is 4.90 Å². The molecule has 7 nitrogen and oxygen atoms in total. The van der Waals surface area contributed by atoms with Gasteiger partial charge < -0.3 is 20.6 Å². The van der Waals surface area contributed by atoms with Crippen molar-refractivity contribution >= 4 is 17.6 Å². The molecule has 2 rings (SSSR count). The number of Topliss-reactive ketones (excluding diaryl/α,β-unsaturated/α-hetero) is 1. The summed E-state index contributed by atoms with van der Waals surface area (Å²) in [6.07, 6.45) is 0.688. The first-order valence-electron chi connectivity index (χ1n) is 9.26. The van der Waals surface area contributed by atoms with Gasteiger partial charge in [0.15, 0.2) is 5.78 Å². The lowest BCUT2D eigenvalue weighted by Gasteiger charge is -2.28. The highest BCUT2D eigenvalue weighted by atomic mass is 16.3. The Morgan fingerprint density at radius 1 is 1.24 bits per heavy atom. The number of aliphatic hydroxyl groups excluding tert-OH is 1. The van der Waals surface area contributed by atoms with Crippen molar-refractivity contribution in [3.63, 3.8) is 0 Å². The minimum absolute atomic E-state index is 0.0368. The SMILES string of the molecule is CCC(C)C(O)C(=O)N1CC(=O)C2C1CCN2C(=O)C(N)CC(C)C. The van der Waals surface area contributed by atoms with Crippen LogP contribution in [-0.2, 0) is 14.4 Å². The second kappa shape index (κ2) is 7.83. The van der Waals surface area contributed by atoms with Gasteiger partial charge in [0.25, 0.3) is 5.91 Å². The lowest BCUT2D eigenvalue weighted by atomic mass is 10.0. The molecule has 0 aliphatic carbocycles. The Hall–Kier alpha value is -1.47. The number of ketones is 1. The average molecular weight is 353 g/mol. The zero-order valence-electron chi connectivity index (χ0n) is 15.6. The fourth-order valence-electron chi connectivity index (χ4n) is 3.82. The molecule has 2 fully saturated rings. The first-order valence-corrected chi connectivity index (χ1v) is 9.26. The molecule has 0 aromatic heterocycles. The van der Waals surface area contributed by atoms with Crippen LogP contribution in [0.25, 0.3) is 0 Å². The van der Waals surface area contributed by atoms with Gasteiger partial charge in [-0.25, -0.2) is 0 Å². The van der Waals surface area contributed by atoms with E-state index in [0.717, 1.165) is 0 Å². The van der Waals surface area contributed by atoms with Gasteiger partial charge in [-0.2, -0.15) is 0 Å². The Labute approximate surface area is 149 Å². The van der Waals surface area contributed by atoms with Gasteiger partial charge in [-0.05, 0) is 24.7 Å². The van der Waals surface area contributed by atoms with Crippen LogP contribution in [0.1, 0.15) is 47.0 Å². The van der Waals surface area contributed by atoms with Gasteiger partial charge >= 0.3 is 0 Å². The minimum Gasteiger partial charge on any atom is -0.383 e. The van der Waals surface area contributed by atoms with Crippen LogP contribution >= 0.6 is 0 Å². The molecule has 142 valence electrons. The van der Waals surface area contributed by atoms with E-state index >= 15 is 0 Å². The number of amides is 2. The topological polar surface area (TPSA) is 104 Å². The third-order valence-corrected chi connectivity index (χ3v) is 5.47. The maximum atomic E-state index is 12.6. The average Bonchev–Trinajstić information content (AvgIpc) is 3.13. The number of carbonyl (C=O) groups excluding carboxylic acids is 3. The van der Waals surface area contributed by atoms with E-state index in [2.05, 4.69) is 0 Å².